The monoisotopic (exact) mass is 290 g/mol. The Balaban J connectivity index is 2.09. The minimum absolute atomic E-state index is 0.0767. The molecule has 0 fully saturated rings. The number of rotatable bonds is 8. The number of unbranched alkanes of at least 4 members (excludes halogenated alkanes) is 4. The lowest BCUT2D eigenvalue weighted by Crippen LogP contribution is -2.13. The molecule has 1 heterocycles. The molecule has 0 atom stereocenters. The maximum atomic E-state index is 8.85. The first-order chi connectivity index (χ1) is 10.3. The highest BCUT2D eigenvalue weighted by atomic mass is 16.5. The van der Waals surface area contributed by atoms with Crippen LogP contribution in [-0.4, -0.2) is 17.6 Å². The van der Waals surface area contributed by atoms with Gasteiger partial charge in [-0.25, -0.2) is 0 Å². The summed E-state index contributed by atoms with van der Waals surface area (Å²) in [5, 5.41) is 12.7. The molecule has 0 unspecified atom stereocenters. The molecule has 0 aliphatic heterocycles. The van der Waals surface area contributed by atoms with Gasteiger partial charge in [0.05, 0.1) is 12.0 Å². The summed E-state index contributed by atoms with van der Waals surface area (Å²) in [4.78, 5) is 0. The van der Waals surface area contributed by atoms with Gasteiger partial charge >= 0.3 is 0 Å². The topological polar surface area (TPSA) is 81.0 Å². The minimum atomic E-state index is -0.0767. The zero-order valence-corrected chi connectivity index (χ0v) is 12.3. The zero-order chi connectivity index (χ0) is 15.1. The van der Waals surface area contributed by atoms with Crippen LogP contribution in [-0.2, 0) is 0 Å². The van der Waals surface area contributed by atoms with Gasteiger partial charge in [-0.05, 0) is 18.6 Å². The Hall–Kier alpha value is -2.17. The van der Waals surface area contributed by atoms with Crippen LogP contribution < -0.4 is 10.5 Å². The number of nitrogens with two attached hydrogens (primary N) is 1. The number of benzene rings is 1. The van der Waals surface area contributed by atoms with Gasteiger partial charge in [-0.3, -0.25) is 0 Å². The molecule has 0 bridgehead atoms. The Morgan fingerprint density at radius 2 is 2.00 bits per heavy atom. The largest absolute Gasteiger partial charge is 0.489 e. The van der Waals surface area contributed by atoms with Crippen molar-refractivity contribution in [3.63, 3.8) is 0 Å². The highest BCUT2D eigenvalue weighted by molar-refractivity contribution is 6.03. The molecule has 0 saturated carbocycles. The fourth-order valence-corrected chi connectivity index (χ4v) is 2.26. The van der Waals surface area contributed by atoms with Crippen LogP contribution in [0.1, 0.15) is 44.8 Å². The number of amidine groups is 1. The van der Waals surface area contributed by atoms with E-state index in [1.807, 2.05) is 24.3 Å². The molecule has 5 nitrogen and oxygen atoms in total. The van der Waals surface area contributed by atoms with Crippen LogP contribution in [0.25, 0.3) is 11.0 Å². The van der Waals surface area contributed by atoms with E-state index in [1.165, 1.54) is 19.3 Å². The van der Waals surface area contributed by atoms with E-state index in [1.54, 1.807) is 0 Å². The van der Waals surface area contributed by atoms with Crippen molar-refractivity contribution in [3.8, 4) is 5.75 Å². The summed E-state index contributed by atoms with van der Waals surface area (Å²) in [6.07, 6.45) is 5.82. The fourth-order valence-electron chi connectivity index (χ4n) is 2.26. The van der Waals surface area contributed by atoms with Gasteiger partial charge in [0.2, 0.25) is 11.6 Å². The molecule has 21 heavy (non-hydrogen) atoms. The van der Waals surface area contributed by atoms with Gasteiger partial charge in [0.15, 0.2) is 5.75 Å². The van der Waals surface area contributed by atoms with E-state index in [9.17, 15) is 0 Å². The lowest BCUT2D eigenvalue weighted by atomic mass is 10.2. The second-order valence-corrected chi connectivity index (χ2v) is 5.00. The average Bonchev–Trinajstić information content (AvgIpc) is 2.89. The van der Waals surface area contributed by atoms with Gasteiger partial charge in [0, 0.05) is 0 Å². The second-order valence-electron chi connectivity index (χ2n) is 5.00. The van der Waals surface area contributed by atoms with Crippen LogP contribution in [0.4, 0.5) is 0 Å². The molecule has 0 aliphatic rings. The SMILES string of the molecule is CCCCCCCOc1c(/C(N)=N/O)oc2ccccc12. The van der Waals surface area contributed by atoms with E-state index in [2.05, 4.69) is 12.1 Å². The van der Waals surface area contributed by atoms with Crippen LogP contribution in [0, 0.1) is 0 Å². The van der Waals surface area contributed by atoms with Crippen LogP contribution in [0.15, 0.2) is 33.8 Å². The van der Waals surface area contributed by atoms with Crippen molar-refractivity contribution < 1.29 is 14.4 Å². The third kappa shape index (κ3) is 3.68. The van der Waals surface area contributed by atoms with E-state index in [4.69, 9.17) is 20.1 Å². The Bertz CT molecular complexity index is 605. The molecular formula is C16H22N2O3. The summed E-state index contributed by atoms with van der Waals surface area (Å²) >= 11 is 0. The first-order valence-electron chi connectivity index (χ1n) is 7.40. The van der Waals surface area contributed by atoms with E-state index >= 15 is 0 Å². The number of hydrogen-bond donors (Lipinski definition) is 2. The second kappa shape index (κ2) is 7.57. The molecule has 3 N–H and O–H groups in total. The van der Waals surface area contributed by atoms with Gasteiger partial charge in [-0.2, -0.15) is 0 Å². The number of nitrogens with zero attached hydrogens (tertiary/aromatic N) is 1. The van der Waals surface area contributed by atoms with Crippen molar-refractivity contribution in [2.24, 2.45) is 10.9 Å². The predicted octanol–water partition coefficient (Wildman–Crippen LogP) is 3.88. The van der Waals surface area contributed by atoms with Gasteiger partial charge in [0.1, 0.15) is 5.58 Å². The zero-order valence-electron chi connectivity index (χ0n) is 12.3. The van der Waals surface area contributed by atoms with Crippen LogP contribution in [0.2, 0.25) is 0 Å². The van der Waals surface area contributed by atoms with Gasteiger partial charge in [-0.1, -0.05) is 49.9 Å². The van der Waals surface area contributed by atoms with Crippen molar-refractivity contribution in [2.75, 3.05) is 6.61 Å². The number of fused-ring (bicyclic) bond motifs is 1. The fraction of sp³-hybridized carbons (Fsp3) is 0.438. The lowest BCUT2D eigenvalue weighted by Gasteiger charge is -2.06. The Labute approximate surface area is 124 Å². The van der Waals surface area contributed by atoms with E-state index in [-0.39, 0.29) is 11.6 Å². The lowest BCUT2D eigenvalue weighted by molar-refractivity contribution is 0.299. The van der Waals surface area contributed by atoms with Gasteiger partial charge < -0.3 is 20.1 Å². The van der Waals surface area contributed by atoms with Gasteiger partial charge in [0.25, 0.3) is 0 Å². The molecule has 2 rings (SSSR count). The minimum Gasteiger partial charge on any atom is -0.489 e. The molecule has 1 aromatic carbocycles. The number of furan rings is 1. The molecule has 0 spiro atoms. The first kappa shape index (κ1) is 15.2. The Morgan fingerprint density at radius 1 is 1.24 bits per heavy atom. The maximum absolute atomic E-state index is 8.85. The molecule has 0 aliphatic carbocycles. The maximum Gasteiger partial charge on any atom is 0.215 e. The predicted molar refractivity (Wildman–Crippen MR) is 83.0 cm³/mol. The molecular weight excluding hydrogens is 268 g/mol. The van der Waals surface area contributed by atoms with E-state index in [0.717, 1.165) is 18.2 Å². The summed E-state index contributed by atoms with van der Waals surface area (Å²) in [7, 11) is 0. The van der Waals surface area contributed by atoms with Crippen molar-refractivity contribution in [2.45, 2.75) is 39.0 Å². The number of para-hydroxylation sites is 1. The molecule has 0 amide bonds. The third-order valence-electron chi connectivity index (χ3n) is 3.38. The summed E-state index contributed by atoms with van der Waals surface area (Å²) in [5.74, 6) is 0.760. The summed E-state index contributed by atoms with van der Waals surface area (Å²) in [6.45, 7) is 2.79. The number of oxime groups is 1. The van der Waals surface area contributed by atoms with Crippen molar-refractivity contribution in [1.29, 1.82) is 0 Å². The van der Waals surface area contributed by atoms with E-state index < -0.39 is 0 Å². The smallest absolute Gasteiger partial charge is 0.215 e. The highest BCUT2D eigenvalue weighted by Crippen LogP contribution is 2.33. The molecule has 5 heteroatoms. The van der Waals surface area contributed by atoms with Crippen molar-refractivity contribution in [3.05, 3.63) is 30.0 Å². The number of ether oxygens (including phenoxy) is 1. The third-order valence-corrected chi connectivity index (χ3v) is 3.38. The summed E-state index contributed by atoms with van der Waals surface area (Å²) in [5.41, 5.74) is 6.32. The molecule has 114 valence electrons. The van der Waals surface area contributed by atoms with Crippen LogP contribution >= 0.6 is 0 Å². The first-order valence-corrected chi connectivity index (χ1v) is 7.40. The van der Waals surface area contributed by atoms with Gasteiger partial charge in [-0.15, -0.1) is 0 Å². The Morgan fingerprint density at radius 3 is 2.76 bits per heavy atom. The Kier molecular flexibility index (Phi) is 5.49. The number of hydrogen-bond acceptors (Lipinski definition) is 4. The summed E-state index contributed by atoms with van der Waals surface area (Å²) < 4.78 is 11.4. The van der Waals surface area contributed by atoms with Crippen LogP contribution in [0.5, 0.6) is 5.75 Å². The van der Waals surface area contributed by atoms with E-state index in [0.29, 0.717) is 17.9 Å². The van der Waals surface area contributed by atoms with Crippen LogP contribution in [0.3, 0.4) is 0 Å². The molecule has 0 saturated heterocycles. The highest BCUT2D eigenvalue weighted by Gasteiger charge is 2.18. The van der Waals surface area contributed by atoms with Crippen molar-refractivity contribution >= 4 is 16.8 Å². The molecule has 1 aromatic heterocycles. The quantitative estimate of drug-likeness (QED) is 0.254. The molecule has 0 radical (unpaired) electrons. The standard InChI is InChI=1S/C16H22N2O3/c1-2-3-4-5-8-11-20-14-12-9-6-7-10-13(12)21-15(14)16(17)18-19/h6-7,9-10,19H,2-5,8,11H2,1H3,(H2,17,18). The normalized spacial score (nSPS) is 12.0. The summed E-state index contributed by atoms with van der Waals surface area (Å²) in [6, 6.07) is 7.51. The van der Waals surface area contributed by atoms with Crippen molar-refractivity contribution in [1.82, 2.24) is 0 Å². The molecule has 2 aromatic rings. The average molecular weight is 290 g/mol.